The third-order valence-electron chi connectivity index (χ3n) is 3.78. The van der Waals surface area contributed by atoms with Crippen LogP contribution >= 0.6 is 0 Å². The Morgan fingerprint density at radius 2 is 1.83 bits per heavy atom. The Kier molecular flexibility index (Phi) is 3.41. The molecule has 0 amide bonds. The first-order chi connectivity index (χ1) is 8.81. The number of aromatic nitrogens is 2. The topological polar surface area (TPSA) is 41.1 Å². The molecule has 1 saturated carbocycles. The van der Waals surface area contributed by atoms with Gasteiger partial charge in [-0.1, -0.05) is 0 Å². The standard InChI is InChI=1S/C13H19FN4/c14-11-8-16-13(17-9-11)18-5-3-12(4-6-18)15-7-10-1-2-10/h8-10,12,15H,1-7H2. The van der Waals surface area contributed by atoms with E-state index in [9.17, 15) is 4.39 Å². The van der Waals surface area contributed by atoms with Gasteiger partial charge in [0.1, 0.15) is 0 Å². The molecular formula is C13H19FN4. The van der Waals surface area contributed by atoms with Crippen LogP contribution in [0.3, 0.4) is 0 Å². The van der Waals surface area contributed by atoms with Gasteiger partial charge in [0, 0.05) is 19.1 Å². The first kappa shape index (κ1) is 11.8. The van der Waals surface area contributed by atoms with Gasteiger partial charge in [-0.2, -0.15) is 0 Å². The number of hydrogen-bond acceptors (Lipinski definition) is 4. The molecule has 2 heterocycles. The molecule has 1 N–H and O–H groups in total. The zero-order valence-corrected chi connectivity index (χ0v) is 10.5. The fraction of sp³-hybridized carbons (Fsp3) is 0.692. The predicted molar refractivity (Wildman–Crippen MR) is 68.0 cm³/mol. The molecule has 0 spiro atoms. The van der Waals surface area contributed by atoms with Gasteiger partial charge in [-0.25, -0.2) is 14.4 Å². The lowest BCUT2D eigenvalue weighted by atomic mass is 10.1. The Morgan fingerprint density at radius 3 is 2.44 bits per heavy atom. The maximum atomic E-state index is 12.7. The molecule has 3 rings (SSSR count). The van der Waals surface area contributed by atoms with Crippen molar-refractivity contribution in [3.63, 3.8) is 0 Å². The molecule has 1 saturated heterocycles. The van der Waals surface area contributed by atoms with E-state index < -0.39 is 0 Å². The average Bonchev–Trinajstić information content (AvgIpc) is 3.22. The van der Waals surface area contributed by atoms with Crippen LogP contribution in [0.15, 0.2) is 12.4 Å². The quantitative estimate of drug-likeness (QED) is 0.881. The summed E-state index contributed by atoms with van der Waals surface area (Å²) in [6.45, 7) is 3.08. The molecule has 2 fully saturated rings. The average molecular weight is 250 g/mol. The van der Waals surface area contributed by atoms with Crippen molar-refractivity contribution in [2.24, 2.45) is 5.92 Å². The Morgan fingerprint density at radius 1 is 1.17 bits per heavy atom. The smallest absolute Gasteiger partial charge is 0.225 e. The summed E-state index contributed by atoms with van der Waals surface area (Å²) in [5.41, 5.74) is 0. The van der Waals surface area contributed by atoms with Crippen LogP contribution in [0.1, 0.15) is 25.7 Å². The second kappa shape index (κ2) is 5.18. The first-order valence-corrected chi connectivity index (χ1v) is 6.77. The van der Waals surface area contributed by atoms with Crippen molar-refractivity contribution in [3.8, 4) is 0 Å². The van der Waals surface area contributed by atoms with Gasteiger partial charge in [0.2, 0.25) is 5.95 Å². The van der Waals surface area contributed by atoms with Gasteiger partial charge in [-0.3, -0.25) is 0 Å². The third-order valence-corrected chi connectivity index (χ3v) is 3.78. The number of rotatable bonds is 4. The minimum atomic E-state index is -0.375. The van der Waals surface area contributed by atoms with Gasteiger partial charge in [0.05, 0.1) is 12.4 Å². The fourth-order valence-corrected chi connectivity index (χ4v) is 2.41. The Balaban J connectivity index is 1.48. The number of anilines is 1. The molecule has 1 aromatic heterocycles. The van der Waals surface area contributed by atoms with Crippen molar-refractivity contribution >= 4 is 5.95 Å². The van der Waals surface area contributed by atoms with Gasteiger partial charge in [-0.05, 0) is 38.1 Å². The molecule has 0 aromatic carbocycles. The molecule has 2 aliphatic rings. The lowest BCUT2D eigenvalue weighted by Gasteiger charge is -2.32. The number of nitrogens with zero attached hydrogens (tertiary/aromatic N) is 3. The van der Waals surface area contributed by atoms with E-state index in [-0.39, 0.29) is 5.82 Å². The second-order valence-corrected chi connectivity index (χ2v) is 5.31. The summed E-state index contributed by atoms with van der Waals surface area (Å²) in [5.74, 6) is 1.21. The summed E-state index contributed by atoms with van der Waals surface area (Å²) in [7, 11) is 0. The van der Waals surface area contributed by atoms with E-state index in [0.717, 1.165) is 31.8 Å². The largest absolute Gasteiger partial charge is 0.341 e. The first-order valence-electron chi connectivity index (χ1n) is 6.77. The highest BCUT2D eigenvalue weighted by molar-refractivity contribution is 5.29. The van der Waals surface area contributed by atoms with E-state index in [4.69, 9.17) is 0 Å². The Bertz CT molecular complexity index is 382. The molecule has 0 radical (unpaired) electrons. The molecule has 1 aliphatic carbocycles. The normalized spacial score (nSPS) is 21.3. The lowest BCUT2D eigenvalue weighted by Crippen LogP contribution is -2.43. The molecule has 0 bridgehead atoms. The van der Waals surface area contributed by atoms with Gasteiger partial charge < -0.3 is 10.2 Å². The number of nitrogens with one attached hydrogen (secondary N) is 1. The minimum Gasteiger partial charge on any atom is -0.341 e. The van der Waals surface area contributed by atoms with E-state index in [2.05, 4.69) is 20.2 Å². The molecule has 5 heteroatoms. The Hall–Kier alpha value is -1.23. The molecule has 0 unspecified atom stereocenters. The fourth-order valence-electron chi connectivity index (χ4n) is 2.41. The van der Waals surface area contributed by atoms with E-state index in [0.29, 0.717) is 12.0 Å². The zero-order chi connectivity index (χ0) is 12.4. The van der Waals surface area contributed by atoms with Gasteiger partial charge in [0.25, 0.3) is 0 Å². The SMILES string of the molecule is Fc1cnc(N2CCC(NCC3CC3)CC2)nc1. The van der Waals surface area contributed by atoms with Crippen LogP contribution in [0.4, 0.5) is 10.3 Å². The predicted octanol–water partition coefficient (Wildman–Crippen LogP) is 1.58. The van der Waals surface area contributed by atoms with Crippen molar-refractivity contribution < 1.29 is 4.39 Å². The van der Waals surface area contributed by atoms with Crippen LogP contribution in [0.25, 0.3) is 0 Å². The molecule has 1 aliphatic heterocycles. The lowest BCUT2D eigenvalue weighted by molar-refractivity contribution is 0.406. The minimum absolute atomic E-state index is 0.375. The van der Waals surface area contributed by atoms with Crippen molar-refractivity contribution in [1.29, 1.82) is 0 Å². The molecule has 98 valence electrons. The van der Waals surface area contributed by atoms with E-state index >= 15 is 0 Å². The van der Waals surface area contributed by atoms with Crippen LogP contribution in [-0.4, -0.2) is 35.6 Å². The van der Waals surface area contributed by atoms with E-state index in [1.165, 1.54) is 31.8 Å². The van der Waals surface area contributed by atoms with Crippen molar-refractivity contribution in [3.05, 3.63) is 18.2 Å². The van der Waals surface area contributed by atoms with E-state index in [1.54, 1.807) is 0 Å². The molecular weight excluding hydrogens is 231 g/mol. The zero-order valence-electron chi connectivity index (χ0n) is 10.5. The van der Waals surface area contributed by atoms with Crippen LogP contribution in [-0.2, 0) is 0 Å². The van der Waals surface area contributed by atoms with Crippen LogP contribution in [0, 0.1) is 11.7 Å². The van der Waals surface area contributed by atoms with Gasteiger partial charge in [-0.15, -0.1) is 0 Å². The summed E-state index contributed by atoms with van der Waals surface area (Å²) >= 11 is 0. The maximum absolute atomic E-state index is 12.7. The maximum Gasteiger partial charge on any atom is 0.225 e. The molecule has 1 aromatic rings. The summed E-state index contributed by atoms with van der Waals surface area (Å²) in [6, 6.07) is 0.627. The van der Waals surface area contributed by atoms with Crippen molar-refractivity contribution in [2.75, 3.05) is 24.5 Å². The molecule has 0 atom stereocenters. The second-order valence-electron chi connectivity index (χ2n) is 5.31. The summed E-state index contributed by atoms with van der Waals surface area (Å²) < 4.78 is 12.7. The van der Waals surface area contributed by atoms with E-state index in [1.807, 2.05) is 0 Å². The summed E-state index contributed by atoms with van der Waals surface area (Å²) in [6.07, 6.45) is 7.50. The monoisotopic (exact) mass is 250 g/mol. The molecule has 4 nitrogen and oxygen atoms in total. The number of piperidine rings is 1. The van der Waals surface area contributed by atoms with Crippen molar-refractivity contribution in [2.45, 2.75) is 31.7 Å². The molecule has 18 heavy (non-hydrogen) atoms. The highest BCUT2D eigenvalue weighted by Gasteiger charge is 2.24. The third kappa shape index (κ3) is 2.96. The summed E-state index contributed by atoms with van der Waals surface area (Å²) in [5, 5.41) is 3.64. The van der Waals surface area contributed by atoms with Crippen LogP contribution < -0.4 is 10.2 Å². The highest BCUT2D eigenvalue weighted by Crippen LogP contribution is 2.28. The number of hydrogen-bond donors (Lipinski definition) is 1. The highest BCUT2D eigenvalue weighted by atomic mass is 19.1. The van der Waals surface area contributed by atoms with Crippen LogP contribution in [0.5, 0.6) is 0 Å². The van der Waals surface area contributed by atoms with Gasteiger partial charge >= 0.3 is 0 Å². The van der Waals surface area contributed by atoms with Crippen LogP contribution in [0.2, 0.25) is 0 Å². The summed E-state index contributed by atoms with van der Waals surface area (Å²) in [4.78, 5) is 10.2. The van der Waals surface area contributed by atoms with Crippen molar-refractivity contribution in [1.82, 2.24) is 15.3 Å². The van der Waals surface area contributed by atoms with Gasteiger partial charge in [0.15, 0.2) is 5.82 Å². The Labute approximate surface area is 107 Å². The number of halogens is 1.